The summed E-state index contributed by atoms with van der Waals surface area (Å²) in [5.74, 6) is 0.112. The molecule has 0 aliphatic carbocycles. The largest absolute Gasteiger partial charge is 0.406 e. The Hall–Kier alpha value is -2.10. The number of pyridine rings is 1. The Labute approximate surface area is 153 Å². The van der Waals surface area contributed by atoms with Gasteiger partial charge in [-0.05, 0) is 25.0 Å². The molecule has 1 N–H and O–H groups in total. The lowest BCUT2D eigenvalue weighted by Crippen LogP contribution is -2.33. The number of aromatic nitrogens is 4. The van der Waals surface area contributed by atoms with Gasteiger partial charge in [0, 0.05) is 24.5 Å². The maximum atomic E-state index is 13.0. The first-order valence-corrected chi connectivity index (χ1v) is 8.90. The van der Waals surface area contributed by atoms with Gasteiger partial charge in [0.1, 0.15) is 6.54 Å². The van der Waals surface area contributed by atoms with E-state index in [-0.39, 0.29) is 22.8 Å². The second kappa shape index (κ2) is 8.52. The van der Waals surface area contributed by atoms with Crippen molar-refractivity contribution in [2.75, 3.05) is 6.54 Å². The fourth-order valence-electron chi connectivity index (χ4n) is 2.07. The Morgan fingerprint density at radius 1 is 1.23 bits per heavy atom. The predicted octanol–water partition coefficient (Wildman–Crippen LogP) is 3.16. The minimum atomic E-state index is -4.44. The van der Waals surface area contributed by atoms with Crippen molar-refractivity contribution in [3.63, 3.8) is 0 Å². The average Bonchev–Trinajstić information content (AvgIpc) is 2.94. The Balaban J connectivity index is 2.25. The van der Waals surface area contributed by atoms with Crippen molar-refractivity contribution in [3.05, 3.63) is 24.5 Å². The zero-order valence-electron chi connectivity index (χ0n) is 14.6. The van der Waals surface area contributed by atoms with E-state index in [0.29, 0.717) is 12.1 Å². The van der Waals surface area contributed by atoms with Crippen molar-refractivity contribution < 1.29 is 18.0 Å². The molecule has 1 amide bonds. The van der Waals surface area contributed by atoms with E-state index in [9.17, 15) is 18.0 Å². The van der Waals surface area contributed by atoms with E-state index in [4.69, 9.17) is 0 Å². The van der Waals surface area contributed by atoms with E-state index in [0.717, 1.165) is 16.3 Å². The van der Waals surface area contributed by atoms with Gasteiger partial charge >= 0.3 is 6.18 Å². The average molecular weight is 387 g/mol. The van der Waals surface area contributed by atoms with Gasteiger partial charge in [0.2, 0.25) is 5.91 Å². The Kier molecular flexibility index (Phi) is 6.63. The SMILES string of the molecule is CC(C)CNC(=O)C(C)Sc1nnc(-c2ccncc2)n1CC(F)(F)F. The van der Waals surface area contributed by atoms with E-state index in [2.05, 4.69) is 20.5 Å². The van der Waals surface area contributed by atoms with Gasteiger partial charge in [0.05, 0.1) is 5.25 Å². The first-order valence-electron chi connectivity index (χ1n) is 8.02. The van der Waals surface area contributed by atoms with Gasteiger partial charge in [-0.3, -0.25) is 14.3 Å². The van der Waals surface area contributed by atoms with Gasteiger partial charge in [0.25, 0.3) is 0 Å². The van der Waals surface area contributed by atoms with Crippen LogP contribution in [0.2, 0.25) is 0 Å². The molecule has 2 aromatic heterocycles. The number of thioether (sulfide) groups is 1. The van der Waals surface area contributed by atoms with Crippen molar-refractivity contribution in [1.82, 2.24) is 25.1 Å². The molecule has 2 rings (SSSR count). The zero-order valence-corrected chi connectivity index (χ0v) is 15.4. The summed E-state index contributed by atoms with van der Waals surface area (Å²) >= 11 is 0.948. The standard InChI is InChI=1S/C16H20F3N5OS/c1-10(2)8-21-14(25)11(3)26-15-23-22-13(12-4-6-20-7-5-12)24(15)9-16(17,18)19/h4-7,10-11H,8-9H2,1-3H3,(H,21,25). The quantitative estimate of drug-likeness (QED) is 0.739. The van der Waals surface area contributed by atoms with Crippen molar-refractivity contribution in [3.8, 4) is 11.4 Å². The highest BCUT2D eigenvalue weighted by molar-refractivity contribution is 8.00. The highest BCUT2D eigenvalue weighted by Gasteiger charge is 2.32. The number of carbonyl (C=O) groups excluding carboxylic acids is 1. The summed E-state index contributed by atoms with van der Waals surface area (Å²) in [6, 6.07) is 3.12. The number of carbonyl (C=O) groups is 1. The number of rotatable bonds is 7. The topological polar surface area (TPSA) is 72.7 Å². The van der Waals surface area contributed by atoms with E-state index < -0.39 is 18.0 Å². The van der Waals surface area contributed by atoms with Crippen LogP contribution in [-0.4, -0.2) is 43.6 Å². The van der Waals surface area contributed by atoms with Crippen molar-refractivity contribution in [2.24, 2.45) is 5.92 Å². The molecule has 2 heterocycles. The number of nitrogens with zero attached hydrogens (tertiary/aromatic N) is 4. The van der Waals surface area contributed by atoms with Crippen LogP contribution in [-0.2, 0) is 11.3 Å². The molecule has 0 fully saturated rings. The third-order valence-corrected chi connectivity index (χ3v) is 4.41. The van der Waals surface area contributed by atoms with Crippen LogP contribution in [0.5, 0.6) is 0 Å². The summed E-state index contributed by atoms with van der Waals surface area (Å²) in [5.41, 5.74) is 0.473. The fraction of sp³-hybridized carbons (Fsp3) is 0.500. The van der Waals surface area contributed by atoms with Crippen LogP contribution in [0.15, 0.2) is 29.7 Å². The van der Waals surface area contributed by atoms with Crippen LogP contribution in [0.1, 0.15) is 20.8 Å². The Morgan fingerprint density at radius 3 is 2.46 bits per heavy atom. The highest BCUT2D eigenvalue weighted by atomic mass is 32.2. The minimum absolute atomic E-state index is 0.0429. The smallest absolute Gasteiger partial charge is 0.355 e. The zero-order chi connectivity index (χ0) is 19.3. The monoisotopic (exact) mass is 387 g/mol. The van der Waals surface area contributed by atoms with Crippen molar-refractivity contribution in [1.29, 1.82) is 0 Å². The van der Waals surface area contributed by atoms with Crippen LogP contribution in [0.25, 0.3) is 11.4 Å². The molecule has 0 aromatic carbocycles. The van der Waals surface area contributed by atoms with Crippen LogP contribution in [0.4, 0.5) is 13.2 Å². The minimum Gasteiger partial charge on any atom is -0.355 e. The van der Waals surface area contributed by atoms with Crippen LogP contribution in [0.3, 0.4) is 0 Å². The lowest BCUT2D eigenvalue weighted by Gasteiger charge is -2.15. The van der Waals surface area contributed by atoms with Crippen LogP contribution in [0, 0.1) is 5.92 Å². The molecule has 142 valence electrons. The summed E-state index contributed by atoms with van der Waals surface area (Å²) in [6.45, 7) is 4.80. The fourth-order valence-corrected chi connectivity index (χ4v) is 2.95. The first-order chi connectivity index (χ1) is 12.2. The molecular formula is C16H20F3N5OS. The number of hydrogen-bond acceptors (Lipinski definition) is 5. The van der Waals surface area contributed by atoms with Crippen molar-refractivity contribution in [2.45, 2.75) is 43.9 Å². The molecule has 0 saturated heterocycles. The van der Waals surface area contributed by atoms with E-state index in [1.54, 1.807) is 19.1 Å². The summed E-state index contributed by atoms with van der Waals surface area (Å²) in [5, 5.41) is 9.96. The predicted molar refractivity (Wildman–Crippen MR) is 92.5 cm³/mol. The molecule has 0 bridgehead atoms. The van der Waals surface area contributed by atoms with Gasteiger partial charge in [-0.2, -0.15) is 13.2 Å². The molecule has 2 aromatic rings. The third-order valence-electron chi connectivity index (χ3n) is 3.33. The van der Waals surface area contributed by atoms with Crippen LogP contribution >= 0.6 is 11.8 Å². The van der Waals surface area contributed by atoms with Gasteiger partial charge in [0.15, 0.2) is 11.0 Å². The maximum Gasteiger partial charge on any atom is 0.406 e. The van der Waals surface area contributed by atoms with Crippen LogP contribution < -0.4 is 5.32 Å². The Bertz CT molecular complexity index is 733. The van der Waals surface area contributed by atoms with E-state index in [1.807, 2.05) is 13.8 Å². The lowest BCUT2D eigenvalue weighted by molar-refractivity contribution is -0.141. The summed E-state index contributed by atoms with van der Waals surface area (Å²) in [4.78, 5) is 16.0. The van der Waals surface area contributed by atoms with Gasteiger partial charge in [-0.25, -0.2) is 0 Å². The second-order valence-electron chi connectivity index (χ2n) is 6.14. The van der Waals surface area contributed by atoms with Gasteiger partial charge in [-0.15, -0.1) is 10.2 Å². The number of amides is 1. The summed E-state index contributed by atoms with van der Waals surface area (Å²) in [6.07, 6.45) is -1.50. The molecule has 1 unspecified atom stereocenters. The van der Waals surface area contributed by atoms with Gasteiger partial charge < -0.3 is 5.32 Å². The molecule has 26 heavy (non-hydrogen) atoms. The molecule has 10 heteroatoms. The van der Waals surface area contributed by atoms with E-state index in [1.165, 1.54) is 12.4 Å². The molecule has 1 atom stereocenters. The number of halogens is 3. The third kappa shape index (κ3) is 5.72. The van der Waals surface area contributed by atoms with E-state index >= 15 is 0 Å². The molecule has 0 radical (unpaired) electrons. The lowest BCUT2D eigenvalue weighted by atomic mass is 10.2. The highest BCUT2D eigenvalue weighted by Crippen LogP contribution is 2.30. The molecule has 0 aliphatic heterocycles. The van der Waals surface area contributed by atoms with Gasteiger partial charge in [-0.1, -0.05) is 25.6 Å². The molecule has 0 aliphatic rings. The molecule has 0 saturated carbocycles. The summed E-state index contributed by atoms with van der Waals surface area (Å²) < 4.78 is 40.0. The number of hydrogen-bond donors (Lipinski definition) is 1. The molecule has 0 spiro atoms. The normalized spacial score (nSPS) is 13.0. The maximum absolute atomic E-state index is 13.0. The second-order valence-corrected chi connectivity index (χ2v) is 7.45. The number of alkyl halides is 3. The summed E-state index contributed by atoms with van der Waals surface area (Å²) in [7, 11) is 0. The number of nitrogens with one attached hydrogen (secondary N) is 1. The molecule has 6 nitrogen and oxygen atoms in total. The first kappa shape index (κ1) is 20.2. The Morgan fingerprint density at radius 2 is 1.88 bits per heavy atom. The molecular weight excluding hydrogens is 367 g/mol. The van der Waals surface area contributed by atoms with Crippen molar-refractivity contribution >= 4 is 17.7 Å².